The summed E-state index contributed by atoms with van der Waals surface area (Å²) in [6, 6.07) is 5.98. The zero-order chi connectivity index (χ0) is 10.3. The Morgan fingerprint density at radius 2 is 1.79 bits per heavy atom. The van der Waals surface area contributed by atoms with E-state index in [4.69, 9.17) is 23.2 Å². The van der Waals surface area contributed by atoms with E-state index < -0.39 is 0 Å². The first kappa shape index (κ1) is 9.75. The number of hydrogen-bond donors (Lipinski definition) is 0. The van der Waals surface area contributed by atoms with Gasteiger partial charge in [0, 0.05) is 5.39 Å². The van der Waals surface area contributed by atoms with E-state index in [2.05, 4.69) is 24.0 Å². The van der Waals surface area contributed by atoms with Crippen LogP contribution in [0.2, 0.25) is 10.3 Å². The molecule has 0 aliphatic rings. The van der Waals surface area contributed by atoms with Crippen LogP contribution in [0.3, 0.4) is 0 Å². The highest BCUT2D eigenvalue weighted by atomic mass is 35.5. The molecule has 0 N–H and O–H groups in total. The number of aryl methyl sites for hydroxylation is 2. The van der Waals surface area contributed by atoms with E-state index in [1.165, 1.54) is 5.56 Å². The molecule has 0 atom stereocenters. The fourth-order valence-corrected chi connectivity index (χ4v) is 2.30. The molecule has 1 heterocycles. The number of fused-ring (bicyclic) bond motifs is 1. The van der Waals surface area contributed by atoms with Crippen LogP contribution < -0.4 is 0 Å². The van der Waals surface area contributed by atoms with Crippen LogP contribution >= 0.6 is 23.2 Å². The highest BCUT2D eigenvalue weighted by Crippen LogP contribution is 2.28. The Balaban J connectivity index is 2.94. The van der Waals surface area contributed by atoms with Gasteiger partial charge in [-0.05, 0) is 30.9 Å². The zero-order valence-electron chi connectivity index (χ0n) is 7.94. The van der Waals surface area contributed by atoms with Gasteiger partial charge in [0.2, 0.25) is 0 Å². The van der Waals surface area contributed by atoms with Crippen LogP contribution in [0.15, 0.2) is 18.2 Å². The van der Waals surface area contributed by atoms with Crippen molar-refractivity contribution in [3.63, 3.8) is 0 Å². The third-order valence-corrected chi connectivity index (χ3v) is 2.66. The lowest BCUT2D eigenvalue weighted by Gasteiger charge is -2.06. The first-order valence-electron chi connectivity index (χ1n) is 4.31. The standard InChI is InChI=1S/C11H9Cl2N/c1-6-3-7(2)10-8(4-6)5-9(12)14-11(10)13/h3-5H,1-2H3. The zero-order valence-corrected chi connectivity index (χ0v) is 9.45. The van der Waals surface area contributed by atoms with Crippen molar-refractivity contribution < 1.29 is 0 Å². The summed E-state index contributed by atoms with van der Waals surface area (Å²) in [5.74, 6) is 0. The fraction of sp³-hybridized carbons (Fsp3) is 0.182. The van der Waals surface area contributed by atoms with Gasteiger partial charge >= 0.3 is 0 Å². The third-order valence-electron chi connectivity index (χ3n) is 2.20. The lowest BCUT2D eigenvalue weighted by molar-refractivity contribution is 1.34. The maximum atomic E-state index is 6.02. The van der Waals surface area contributed by atoms with E-state index in [1.54, 1.807) is 0 Å². The van der Waals surface area contributed by atoms with Crippen molar-refractivity contribution in [3.05, 3.63) is 39.6 Å². The highest BCUT2D eigenvalue weighted by molar-refractivity contribution is 6.36. The Kier molecular flexibility index (Phi) is 2.38. The topological polar surface area (TPSA) is 12.9 Å². The summed E-state index contributed by atoms with van der Waals surface area (Å²) in [6.07, 6.45) is 0. The van der Waals surface area contributed by atoms with Crippen molar-refractivity contribution in [2.45, 2.75) is 13.8 Å². The molecule has 0 bridgehead atoms. The molecule has 1 nitrogen and oxygen atoms in total. The molecule has 2 aromatic rings. The largest absolute Gasteiger partial charge is 0.224 e. The van der Waals surface area contributed by atoms with Crippen molar-refractivity contribution >= 4 is 34.0 Å². The number of rotatable bonds is 0. The molecule has 0 aliphatic heterocycles. The van der Waals surface area contributed by atoms with Gasteiger partial charge in [-0.25, -0.2) is 4.98 Å². The normalized spacial score (nSPS) is 10.9. The van der Waals surface area contributed by atoms with Crippen LogP contribution in [0, 0.1) is 13.8 Å². The Labute approximate surface area is 92.7 Å². The van der Waals surface area contributed by atoms with E-state index in [0.29, 0.717) is 10.3 Å². The number of benzene rings is 1. The van der Waals surface area contributed by atoms with Gasteiger partial charge in [0.1, 0.15) is 10.3 Å². The minimum Gasteiger partial charge on any atom is -0.224 e. The van der Waals surface area contributed by atoms with Crippen molar-refractivity contribution in [2.24, 2.45) is 0 Å². The molecule has 0 spiro atoms. The van der Waals surface area contributed by atoms with Crippen LogP contribution in [0.4, 0.5) is 0 Å². The summed E-state index contributed by atoms with van der Waals surface area (Å²) in [5.41, 5.74) is 2.34. The molecule has 0 aliphatic carbocycles. The SMILES string of the molecule is Cc1cc(C)c2c(Cl)nc(Cl)cc2c1. The number of aromatic nitrogens is 1. The first-order chi connectivity index (χ1) is 6.58. The molecule has 0 saturated heterocycles. The quantitative estimate of drug-likeness (QED) is 0.614. The summed E-state index contributed by atoms with van der Waals surface area (Å²) in [4.78, 5) is 4.02. The molecular weight excluding hydrogens is 217 g/mol. The second kappa shape index (κ2) is 3.41. The van der Waals surface area contributed by atoms with Gasteiger partial charge in [0.05, 0.1) is 0 Å². The van der Waals surface area contributed by atoms with Crippen molar-refractivity contribution in [1.82, 2.24) is 4.98 Å². The molecule has 1 aromatic heterocycles. The molecule has 0 saturated carbocycles. The van der Waals surface area contributed by atoms with E-state index in [0.717, 1.165) is 16.3 Å². The summed E-state index contributed by atoms with van der Waals surface area (Å²) in [7, 11) is 0. The molecule has 0 fully saturated rings. The van der Waals surface area contributed by atoms with Crippen molar-refractivity contribution in [2.75, 3.05) is 0 Å². The van der Waals surface area contributed by atoms with Gasteiger partial charge in [-0.15, -0.1) is 0 Å². The maximum absolute atomic E-state index is 6.02. The van der Waals surface area contributed by atoms with E-state index >= 15 is 0 Å². The summed E-state index contributed by atoms with van der Waals surface area (Å²) in [5, 5.41) is 2.95. The second-order valence-corrected chi connectivity index (χ2v) is 4.16. The number of halogens is 2. The second-order valence-electron chi connectivity index (χ2n) is 3.42. The lowest BCUT2D eigenvalue weighted by atomic mass is 10.0. The third kappa shape index (κ3) is 1.58. The number of pyridine rings is 1. The molecular formula is C11H9Cl2N. The fourth-order valence-electron chi connectivity index (χ4n) is 1.71. The van der Waals surface area contributed by atoms with E-state index in [-0.39, 0.29) is 0 Å². The molecule has 14 heavy (non-hydrogen) atoms. The summed E-state index contributed by atoms with van der Waals surface area (Å²) >= 11 is 11.9. The van der Waals surface area contributed by atoms with Crippen LogP contribution in [0.5, 0.6) is 0 Å². The van der Waals surface area contributed by atoms with Crippen LogP contribution in [0.1, 0.15) is 11.1 Å². The van der Waals surface area contributed by atoms with Gasteiger partial charge in [-0.2, -0.15) is 0 Å². The van der Waals surface area contributed by atoms with E-state index in [1.807, 2.05) is 13.0 Å². The smallest absolute Gasteiger partial charge is 0.138 e. The summed E-state index contributed by atoms with van der Waals surface area (Å²) in [6.45, 7) is 4.07. The minimum atomic E-state index is 0.438. The van der Waals surface area contributed by atoms with Gasteiger partial charge in [0.25, 0.3) is 0 Å². The maximum Gasteiger partial charge on any atom is 0.138 e. The van der Waals surface area contributed by atoms with Crippen LogP contribution in [-0.2, 0) is 0 Å². The molecule has 0 unspecified atom stereocenters. The lowest BCUT2D eigenvalue weighted by Crippen LogP contribution is -1.86. The average molecular weight is 226 g/mol. The van der Waals surface area contributed by atoms with Gasteiger partial charge in [-0.1, -0.05) is 40.9 Å². The van der Waals surface area contributed by atoms with Crippen LogP contribution in [0.25, 0.3) is 10.8 Å². The van der Waals surface area contributed by atoms with E-state index in [9.17, 15) is 0 Å². The molecule has 1 aromatic carbocycles. The molecule has 0 radical (unpaired) electrons. The first-order valence-corrected chi connectivity index (χ1v) is 5.06. The van der Waals surface area contributed by atoms with Gasteiger partial charge < -0.3 is 0 Å². The van der Waals surface area contributed by atoms with Gasteiger partial charge in [-0.3, -0.25) is 0 Å². The predicted molar refractivity (Wildman–Crippen MR) is 61.2 cm³/mol. The molecule has 2 rings (SSSR count). The van der Waals surface area contributed by atoms with Gasteiger partial charge in [0.15, 0.2) is 0 Å². The number of nitrogens with zero attached hydrogens (tertiary/aromatic N) is 1. The summed E-state index contributed by atoms with van der Waals surface area (Å²) < 4.78 is 0. The van der Waals surface area contributed by atoms with Crippen molar-refractivity contribution in [1.29, 1.82) is 0 Å². The Morgan fingerprint density at radius 1 is 1.07 bits per heavy atom. The van der Waals surface area contributed by atoms with Crippen LogP contribution in [-0.4, -0.2) is 4.98 Å². The molecule has 72 valence electrons. The van der Waals surface area contributed by atoms with Crippen molar-refractivity contribution in [3.8, 4) is 0 Å². The highest BCUT2D eigenvalue weighted by Gasteiger charge is 2.06. The Morgan fingerprint density at radius 3 is 2.50 bits per heavy atom. The Hall–Kier alpha value is -0.790. The molecule has 0 amide bonds. The Bertz CT molecular complexity index is 463. The minimum absolute atomic E-state index is 0.438. The monoisotopic (exact) mass is 225 g/mol. The number of hydrogen-bond acceptors (Lipinski definition) is 1. The predicted octanol–water partition coefficient (Wildman–Crippen LogP) is 4.16. The average Bonchev–Trinajstić information content (AvgIpc) is 1.99. The molecule has 3 heteroatoms.